The van der Waals surface area contributed by atoms with Crippen LogP contribution in [0.5, 0.6) is 11.5 Å². The Morgan fingerprint density at radius 1 is 1.32 bits per heavy atom. The van der Waals surface area contributed by atoms with E-state index in [1.807, 2.05) is 13.0 Å². The Hall–Kier alpha value is -1.55. The van der Waals surface area contributed by atoms with Crippen LogP contribution in [-0.2, 0) is 21.4 Å². The summed E-state index contributed by atoms with van der Waals surface area (Å²) in [6.07, 6.45) is 4.28. The van der Waals surface area contributed by atoms with Crippen LogP contribution < -0.4 is 9.47 Å². The van der Waals surface area contributed by atoms with E-state index < -0.39 is 0 Å². The summed E-state index contributed by atoms with van der Waals surface area (Å²) < 4.78 is 18.3. The number of hydrogen-bond acceptors (Lipinski definition) is 4. The van der Waals surface area contributed by atoms with Gasteiger partial charge in [-0.25, -0.2) is 0 Å². The zero-order valence-corrected chi connectivity index (χ0v) is 12.8. The molecule has 1 spiro atoms. The number of carbonyl (C=O) groups excluding carboxylic acids is 1. The molecule has 4 atom stereocenters. The smallest absolute Gasteiger partial charge is 0.165 e. The van der Waals surface area contributed by atoms with E-state index in [1.54, 1.807) is 0 Å². The zero-order chi connectivity index (χ0) is 14.9. The minimum Gasteiger partial charge on any atom is -0.490 e. The van der Waals surface area contributed by atoms with E-state index in [2.05, 4.69) is 6.07 Å². The third kappa shape index (κ3) is 1.44. The number of rotatable bonds is 2. The van der Waals surface area contributed by atoms with Gasteiger partial charge in [-0.3, -0.25) is 4.79 Å². The van der Waals surface area contributed by atoms with Crippen molar-refractivity contribution in [3.8, 4) is 11.5 Å². The molecule has 4 unspecified atom stereocenters. The van der Waals surface area contributed by atoms with Gasteiger partial charge in [-0.2, -0.15) is 0 Å². The minimum atomic E-state index is -0.118. The number of hydrogen-bond donors (Lipinski definition) is 0. The van der Waals surface area contributed by atoms with Crippen LogP contribution in [0, 0.1) is 0 Å². The second kappa shape index (κ2) is 4.25. The number of ketones is 1. The van der Waals surface area contributed by atoms with Crippen molar-refractivity contribution in [2.24, 2.45) is 0 Å². The molecule has 1 saturated carbocycles. The first-order chi connectivity index (χ1) is 10.7. The van der Waals surface area contributed by atoms with Gasteiger partial charge in [0.25, 0.3) is 0 Å². The number of carbonyl (C=O) groups is 1. The minimum absolute atomic E-state index is 0.0130. The maximum atomic E-state index is 12.1. The van der Waals surface area contributed by atoms with Crippen LogP contribution in [0.1, 0.15) is 43.7 Å². The lowest BCUT2D eigenvalue weighted by atomic mass is 9.65. The number of benzene rings is 1. The highest BCUT2D eigenvalue weighted by Crippen LogP contribution is 2.61. The third-order valence-corrected chi connectivity index (χ3v) is 5.87. The summed E-state index contributed by atoms with van der Waals surface area (Å²) in [5.41, 5.74) is 2.54. The van der Waals surface area contributed by atoms with Crippen molar-refractivity contribution in [2.75, 3.05) is 6.61 Å². The monoisotopic (exact) mass is 300 g/mol. The molecule has 1 aromatic rings. The molecule has 4 heteroatoms. The van der Waals surface area contributed by atoms with Crippen LogP contribution in [0.4, 0.5) is 0 Å². The average molecular weight is 300 g/mol. The van der Waals surface area contributed by atoms with Crippen molar-refractivity contribution < 1.29 is 19.0 Å². The molecule has 0 radical (unpaired) electrons. The summed E-state index contributed by atoms with van der Waals surface area (Å²) in [5, 5.41) is 0. The predicted octanol–water partition coefficient (Wildman–Crippen LogP) is 2.55. The summed E-state index contributed by atoms with van der Waals surface area (Å²) >= 11 is 0. The standard InChI is InChI=1S/C18H20O4/c1-2-20-13-6-4-10-3-5-12-9-18-14(21-12)7-11(19)8-15(18)22-17(13)16(10)18/h4,6,12,14-15H,2-3,5,7-9H2,1H3. The SMILES string of the molecule is CCOc1ccc2c3c1OC1CC(=O)CC4OC(CC2)CC314. The molecule has 0 aromatic heterocycles. The number of ether oxygens (including phenoxy) is 3. The Bertz CT molecular complexity index is 667. The first-order valence-corrected chi connectivity index (χ1v) is 8.35. The summed E-state index contributed by atoms with van der Waals surface area (Å²) in [7, 11) is 0. The highest BCUT2D eigenvalue weighted by atomic mass is 16.5. The van der Waals surface area contributed by atoms with Crippen molar-refractivity contribution in [3.63, 3.8) is 0 Å². The van der Waals surface area contributed by atoms with Gasteiger partial charge in [0.1, 0.15) is 11.9 Å². The molecular formula is C18H20O4. The molecule has 116 valence electrons. The molecular weight excluding hydrogens is 280 g/mol. The van der Waals surface area contributed by atoms with Crippen molar-refractivity contribution >= 4 is 5.78 Å². The normalized spacial score (nSPS) is 37.5. The highest BCUT2D eigenvalue weighted by molar-refractivity contribution is 5.82. The van der Waals surface area contributed by atoms with E-state index in [0.29, 0.717) is 19.4 Å². The fraction of sp³-hybridized carbons (Fsp3) is 0.611. The molecule has 2 heterocycles. The lowest BCUT2D eigenvalue weighted by Crippen LogP contribution is -2.51. The Labute approximate surface area is 129 Å². The Kier molecular flexibility index (Phi) is 2.50. The molecule has 1 aromatic carbocycles. The van der Waals surface area contributed by atoms with E-state index in [4.69, 9.17) is 14.2 Å². The van der Waals surface area contributed by atoms with E-state index in [0.717, 1.165) is 30.8 Å². The third-order valence-electron chi connectivity index (χ3n) is 5.87. The van der Waals surface area contributed by atoms with E-state index >= 15 is 0 Å². The predicted molar refractivity (Wildman–Crippen MR) is 79.5 cm³/mol. The molecule has 2 aliphatic carbocycles. The molecule has 0 N–H and O–H groups in total. The van der Waals surface area contributed by atoms with Crippen molar-refractivity contribution in [1.82, 2.24) is 0 Å². The van der Waals surface area contributed by atoms with Crippen LogP contribution in [-0.4, -0.2) is 30.7 Å². The van der Waals surface area contributed by atoms with Crippen LogP contribution in [0.3, 0.4) is 0 Å². The molecule has 4 aliphatic rings. The van der Waals surface area contributed by atoms with Gasteiger partial charge in [0, 0.05) is 18.4 Å². The van der Waals surface area contributed by atoms with Gasteiger partial charge in [0.15, 0.2) is 11.5 Å². The molecule has 2 aliphatic heterocycles. The summed E-state index contributed by atoms with van der Waals surface area (Å²) in [4.78, 5) is 12.1. The largest absolute Gasteiger partial charge is 0.490 e. The van der Waals surface area contributed by atoms with Gasteiger partial charge >= 0.3 is 0 Å². The van der Waals surface area contributed by atoms with Gasteiger partial charge < -0.3 is 14.2 Å². The van der Waals surface area contributed by atoms with Gasteiger partial charge in [-0.1, -0.05) is 6.07 Å². The molecule has 4 nitrogen and oxygen atoms in total. The first kappa shape index (κ1) is 12.9. The second-order valence-corrected chi connectivity index (χ2v) is 6.94. The summed E-state index contributed by atoms with van der Waals surface area (Å²) in [6, 6.07) is 4.22. The van der Waals surface area contributed by atoms with Gasteiger partial charge in [0.2, 0.25) is 0 Å². The lowest BCUT2D eigenvalue weighted by molar-refractivity contribution is -0.129. The number of fused-ring (bicyclic) bond motifs is 1. The molecule has 1 saturated heterocycles. The molecule has 2 bridgehead atoms. The topological polar surface area (TPSA) is 44.8 Å². The second-order valence-electron chi connectivity index (χ2n) is 6.94. The molecule has 5 rings (SSSR count). The van der Waals surface area contributed by atoms with Crippen molar-refractivity contribution in [3.05, 3.63) is 23.3 Å². The molecule has 2 fully saturated rings. The van der Waals surface area contributed by atoms with E-state index in [9.17, 15) is 4.79 Å². The van der Waals surface area contributed by atoms with E-state index in [1.165, 1.54) is 11.1 Å². The quantitative estimate of drug-likeness (QED) is 0.842. The van der Waals surface area contributed by atoms with Crippen LogP contribution in [0.25, 0.3) is 0 Å². The average Bonchev–Trinajstić information content (AvgIpc) is 2.95. The Morgan fingerprint density at radius 2 is 2.18 bits per heavy atom. The van der Waals surface area contributed by atoms with Crippen LogP contribution >= 0.6 is 0 Å². The highest BCUT2D eigenvalue weighted by Gasteiger charge is 2.64. The van der Waals surface area contributed by atoms with Gasteiger partial charge in [0.05, 0.1) is 24.2 Å². The first-order valence-electron chi connectivity index (χ1n) is 8.35. The van der Waals surface area contributed by atoms with Crippen LogP contribution in [0.15, 0.2) is 12.1 Å². The fourth-order valence-electron chi connectivity index (χ4n) is 5.07. The fourth-order valence-corrected chi connectivity index (χ4v) is 5.07. The van der Waals surface area contributed by atoms with Crippen molar-refractivity contribution in [2.45, 2.75) is 62.8 Å². The number of aryl methyl sites for hydroxylation is 1. The Balaban J connectivity index is 1.75. The van der Waals surface area contributed by atoms with E-state index in [-0.39, 0.29) is 29.5 Å². The Morgan fingerprint density at radius 3 is 3.05 bits per heavy atom. The molecule has 22 heavy (non-hydrogen) atoms. The maximum Gasteiger partial charge on any atom is 0.165 e. The van der Waals surface area contributed by atoms with Crippen molar-refractivity contribution in [1.29, 1.82) is 0 Å². The van der Waals surface area contributed by atoms with Crippen LogP contribution in [0.2, 0.25) is 0 Å². The summed E-state index contributed by atoms with van der Waals surface area (Å²) in [6.45, 7) is 2.61. The maximum absolute atomic E-state index is 12.1. The van der Waals surface area contributed by atoms with Gasteiger partial charge in [-0.05, 0) is 37.8 Å². The lowest BCUT2D eigenvalue weighted by Gasteiger charge is -2.38. The number of Topliss-reactive ketones (excluding diaryl/α,β-unsaturated/α-hetero) is 1. The molecule has 0 amide bonds. The summed E-state index contributed by atoms with van der Waals surface area (Å²) in [5.74, 6) is 1.97. The zero-order valence-electron chi connectivity index (χ0n) is 12.8. The van der Waals surface area contributed by atoms with Gasteiger partial charge in [-0.15, -0.1) is 0 Å².